The van der Waals surface area contributed by atoms with Crippen molar-refractivity contribution in [3.63, 3.8) is 0 Å². The third kappa shape index (κ3) is 3.46. The van der Waals surface area contributed by atoms with Crippen LogP contribution in [0, 0.1) is 0 Å². The second-order valence-electron chi connectivity index (χ2n) is 5.25. The van der Waals surface area contributed by atoms with Crippen LogP contribution >= 0.6 is 0 Å². The fourth-order valence-electron chi connectivity index (χ4n) is 2.13. The predicted molar refractivity (Wildman–Crippen MR) is 81.0 cm³/mol. The fourth-order valence-corrected chi connectivity index (χ4v) is 2.13. The van der Waals surface area contributed by atoms with Gasteiger partial charge in [-0.05, 0) is 51.1 Å². The molecule has 2 aromatic rings. The molecule has 0 radical (unpaired) electrons. The van der Waals surface area contributed by atoms with Crippen molar-refractivity contribution in [1.29, 1.82) is 0 Å². The Morgan fingerprint density at radius 1 is 1.30 bits per heavy atom. The summed E-state index contributed by atoms with van der Waals surface area (Å²) in [6, 6.07) is 9.83. The summed E-state index contributed by atoms with van der Waals surface area (Å²) < 4.78 is 5.85. The number of benzene rings is 1. The number of aliphatic hydroxyl groups excluding tert-OH is 1. The summed E-state index contributed by atoms with van der Waals surface area (Å²) in [5, 5.41) is 13.5. The summed E-state index contributed by atoms with van der Waals surface area (Å²) in [7, 11) is 1.87. The molecule has 1 heterocycles. The Morgan fingerprint density at radius 3 is 2.90 bits per heavy atom. The van der Waals surface area contributed by atoms with Gasteiger partial charge in [-0.15, -0.1) is 0 Å². The molecule has 0 saturated heterocycles. The smallest absolute Gasteiger partial charge is 0.128 e. The number of nitrogens with zero attached hydrogens (tertiary/aromatic N) is 1. The van der Waals surface area contributed by atoms with Gasteiger partial charge in [-0.3, -0.25) is 4.98 Å². The Hall–Kier alpha value is -1.65. The first-order chi connectivity index (χ1) is 9.68. The van der Waals surface area contributed by atoms with E-state index >= 15 is 0 Å². The molecule has 0 amide bonds. The maximum absolute atomic E-state index is 9.33. The Labute approximate surface area is 119 Å². The average Bonchev–Trinajstić information content (AvgIpc) is 2.51. The lowest BCUT2D eigenvalue weighted by Gasteiger charge is -2.26. The SMILES string of the molecule is CNC(C)(CO)CCCOc1cccc2ncccc12. The van der Waals surface area contributed by atoms with Gasteiger partial charge in [0.2, 0.25) is 0 Å². The summed E-state index contributed by atoms with van der Waals surface area (Å²) in [6.07, 6.45) is 3.53. The van der Waals surface area contributed by atoms with E-state index in [-0.39, 0.29) is 12.1 Å². The Kier molecular flexibility index (Phi) is 4.93. The number of pyridine rings is 1. The second kappa shape index (κ2) is 6.68. The lowest BCUT2D eigenvalue weighted by molar-refractivity contribution is 0.164. The first-order valence-electron chi connectivity index (χ1n) is 6.95. The number of rotatable bonds is 7. The zero-order chi connectivity index (χ0) is 14.4. The number of aromatic nitrogens is 1. The molecule has 0 aliphatic heterocycles. The molecule has 2 N–H and O–H groups in total. The van der Waals surface area contributed by atoms with Gasteiger partial charge in [0.05, 0.1) is 18.7 Å². The number of aliphatic hydroxyl groups is 1. The summed E-state index contributed by atoms with van der Waals surface area (Å²) in [6.45, 7) is 2.77. The van der Waals surface area contributed by atoms with Crippen LogP contribution in [0.3, 0.4) is 0 Å². The number of ether oxygens (including phenoxy) is 1. The van der Waals surface area contributed by atoms with Crippen molar-refractivity contribution in [2.45, 2.75) is 25.3 Å². The quantitative estimate of drug-likeness (QED) is 0.761. The highest BCUT2D eigenvalue weighted by Crippen LogP contribution is 2.24. The number of hydrogen-bond acceptors (Lipinski definition) is 4. The van der Waals surface area contributed by atoms with Crippen molar-refractivity contribution in [2.24, 2.45) is 0 Å². The first-order valence-corrected chi connectivity index (χ1v) is 6.95. The summed E-state index contributed by atoms with van der Waals surface area (Å²) in [5.41, 5.74) is 0.712. The molecular weight excluding hydrogens is 252 g/mol. The van der Waals surface area contributed by atoms with Gasteiger partial charge in [0, 0.05) is 17.1 Å². The highest BCUT2D eigenvalue weighted by Gasteiger charge is 2.19. The predicted octanol–water partition coefficient (Wildman–Crippen LogP) is 2.36. The van der Waals surface area contributed by atoms with E-state index in [0.29, 0.717) is 6.61 Å². The third-order valence-electron chi connectivity index (χ3n) is 3.69. The Morgan fingerprint density at radius 2 is 2.15 bits per heavy atom. The maximum Gasteiger partial charge on any atom is 0.128 e. The molecule has 0 saturated carbocycles. The van der Waals surface area contributed by atoms with Crippen LogP contribution in [0.25, 0.3) is 10.9 Å². The van der Waals surface area contributed by atoms with E-state index in [1.165, 1.54) is 0 Å². The van der Waals surface area contributed by atoms with Gasteiger partial charge >= 0.3 is 0 Å². The van der Waals surface area contributed by atoms with Gasteiger partial charge < -0.3 is 15.2 Å². The fraction of sp³-hybridized carbons (Fsp3) is 0.438. The van der Waals surface area contributed by atoms with E-state index in [4.69, 9.17) is 4.74 Å². The zero-order valence-electron chi connectivity index (χ0n) is 12.1. The number of fused-ring (bicyclic) bond motifs is 1. The number of nitrogens with one attached hydrogen (secondary N) is 1. The molecule has 4 nitrogen and oxygen atoms in total. The molecular formula is C16H22N2O2. The molecule has 0 aliphatic rings. The van der Waals surface area contributed by atoms with E-state index in [9.17, 15) is 5.11 Å². The molecule has 1 aromatic heterocycles. The van der Waals surface area contributed by atoms with Crippen LogP contribution in [-0.2, 0) is 0 Å². The Balaban J connectivity index is 1.94. The van der Waals surface area contributed by atoms with Crippen molar-refractivity contribution in [2.75, 3.05) is 20.3 Å². The maximum atomic E-state index is 9.33. The van der Waals surface area contributed by atoms with Gasteiger partial charge in [-0.1, -0.05) is 6.07 Å². The topological polar surface area (TPSA) is 54.4 Å². The van der Waals surface area contributed by atoms with Gasteiger partial charge in [-0.25, -0.2) is 0 Å². The number of hydrogen-bond donors (Lipinski definition) is 2. The highest BCUT2D eigenvalue weighted by atomic mass is 16.5. The van der Waals surface area contributed by atoms with Gasteiger partial charge in [0.1, 0.15) is 5.75 Å². The van der Waals surface area contributed by atoms with E-state index in [1.807, 2.05) is 44.3 Å². The highest BCUT2D eigenvalue weighted by molar-refractivity contribution is 5.84. The van der Waals surface area contributed by atoms with Crippen molar-refractivity contribution in [1.82, 2.24) is 10.3 Å². The van der Waals surface area contributed by atoms with E-state index in [2.05, 4.69) is 10.3 Å². The lowest BCUT2D eigenvalue weighted by atomic mass is 9.97. The molecule has 1 atom stereocenters. The Bertz CT molecular complexity index is 548. The molecule has 20 heavy (non-hydrogen) atoms. The van der Waals surface area contributed by atoms with Crippen LogP contribution in [-0.4, -0.2) is 35.9 Å². The molecule has 108 valence electrons. The minimum atomic E-state index is -0.232. The molecule has 2 rings (SSSR count). The van der Waals surface area contributed by atoms with Crippen LogP contribution in [0.5, 0.6) is 5.75 Å². The second-order valence-corrected chi connectivity index (χ2v) is 5.25. The van der Waals surface area contributed by atoms with Gasteiger partial charge in [0.25, 0.3) is 0 Å². The van der Waals surface area contributed by atoms with Crippen LogP contribution in [0.1, 0.15) is 19.8 Å². The summed E-state index contributed by atoms with van der Waals surface area (Å²) in [4.78, 5) is 4.31. The summed E-state index contributed by atoms with van der Waals surface area (Å²) >= 11 is 0. The van der Waals surface area contributed by atoms with Gasteiger partial charge in [0.15, 0.2) is 0 Å². The first kappa shape index (κ1) is 14.8. The van der Waals surface area contributed by atoms with Crippen molar-refractivity contribution < 1.29 is 9.84 Å². The molecule has 0 aliphatic carbocycles. The van der Waals surface area contributed by atoms with Crippen LogP contribution in [0.4, 0.5) is 0 Å². The molecule has 1 aromatic carbocycles. The molecule has 0 fully saturated rings. The van der Waals surface area contributed by atoms with Gasteiger partial charge in [-0.2, -0.15) is 0 Å². The third-order valence-corrected chi connectivity index (χ3v) is 3.69. The van der Waals surface area contributed by atoms with E-state index < -0.39 is 0 Å². The molecule has 1 unspecified atom stereocenters. The average molecular weight is 274 g/mol. The normalized spacial score (nSPS) is 14.2. The minimum absolute atomic E-state index is 0.127. The molecule has 0 spiro atoms. The molecule has 0 bridgehead atoms. The zero-order valence-corrected chi connectivity index (χ0v) is 12.1. The minimum Gasteiger partial charge on any atom is -0.493 e. The number of likely N-dealkylation sites (N-methyl/N-ethyl adjacent to an activating group) is 1. The standard InChI is InChI=1S/C16H22N2O2/c1-16(12-19,17-2)9-5-11-20-15-8-3-7-14-13(15)6-4-10-18-14/h3-4,6-8,10,17,19H,5,9,11-12H2,1-2H3. The van der Waals surface area contributed by atoms with E-state index in [0.717, 1.165) is 29.5 Å². The van der Waals surface area contributed by atoms with Crippen LogP contribution in [0.2, 0.25) is 0 Å². The van der Waals surface area contributed by atoms with Crippen LogP contribution in [0.15, 0.2) is 36.5 Å². The summed E-state index contributed by atoms with van der Waals surface area (Å²) in [5.74, 6) is 0.866. The van der Waals surface area contributed by atoms with Crippen molar-refractivity contribution in [3.8, 4) is 5.75 Å². The van der Waals surface area contributed by atoms with Crippen molar-refractivity contribution >= 4 is 10.9 Å². The van der Waals surface area contributed by atoms with Crippen LogP contribution < -0.4 is 10.1 Å². The monoisotopic (exact) mass is 274 g/mol. The lowest BCUT2D eigenvalue weighted by Crippen LogP contribution is -2.43. The largest absolute Gasteiger partial charge is 0.493 e. The van der Waals surface area contributed by atoms with E-state index in [1.54, 1.807) is 6.20 Å². The van der Waals surface area contributed by atoms with Crippen molar-refractivity contribution in [3.05, 3.63) is 36.5 Å². The molecule has 4 heteroatoms.